The molecule has 2 aliphatic carbocycles. The van der Waals surface area contributed by atoms with Crippen molar-refractivity contribution in [3.8, 4) is 22.3 Å². The molecule has 9 aromatic rings. The number of fused-ring (bicyclic) bond motifs is 14. The summed E-state index contributed by atoms with van der Waals surface area (Å²) in [6, 6.07) is 61.5. The van der Waals surface area contributed by atoms with E-state index < -0.39 is 12.6 Å². The van der Waals surface area contributed by atoms with E-state index in [2.05, 4.69) is 170 Å². The van der Waals surface area contributed by atoms with Crippen LogP contribution < -0.4 is 15.9 Å². The predicted molar refractivity (Wildman–Crippen MR) is 207 cm³/mol. The average molecular weight is 657 g/mol. The Bertz CT molecular complexity index is 2840. The molecule has 1 unspecified atom stereocenters. The number of hydrogen-bond donors (Lipinski definition) is 0. The van der Waals surface area contributed by atoms with Gasteiger partial charge < -0.3 is 8.98 Å². The first-order valence-electron chi connectivity index (χ1n) is 17.1. The summed E-state index contributed by atoms with van der Waals surface area (Å²) in [6.07, 6.45) is 0. The molecule has 0 N–H and O–H groups in total. The van der Waals surface area contributed by atoms with Crippen LogP contribution >= 0.6 is 7.14 Å². The first kappa shape index (κ1) is 27.9. The Balaban J connectivity index is 1.36. The van der Waals surface area contributed by atoms with E-state index in [1.807, 2.05) is 6.07 Å². The lowest BCUT2D eigenvalue weighted by molar-refractivity contribution is 0.507. The number of para-hydroxylation sites is 1. The molecule has 234 valence electrons. The maximum atomic E-state index is 17.3. The number of benzene rings is 8. The Morgan fingerprint density at radius 1 is 0.420 bits per heavy atom. The van der Waals surface area contributed by atoms with Crippen LogP contribution in [0.1, 0.15) is 22.5 Å². The number of rotatable bonds is 3. The summed E-state index contributed by atoms with van der Waals surface area (Å²) in [5.41, 5.74) is 7.97. The molecule has 50 heavy (non-hydrogen) atoms. The second-order valence-corrected chi connectivity index (χ2v) is 16.1. The van der Waals surface area contributed by atoms with E-state index in [-0.39, 0.29) is 0 Å². The molecule has 2 nitrogen and oxygen atoms in total. The monoisotopic (exact) mass is 656 g/mol. The molecule has 0 fully saturated rings. The van der Waals surface area contributed by atoms with Crippen molar-refractivity contribution >= 4 is 55.6 Å². The molecule has 0 amide bonds. The van der Waals surface area contributed by atoms with Crippen molar-refractivity contribution in [2.45, 2.75) is 5.41 Å². The van der Waals surface area contributed by atoms with Gasteiger partial charge in [-0.1, -0.05) is 170 Å². The van der Waals surface area contributed by atoms with Crippen molar-refractivity contribution in [2.24, 2.45) is 0 Å². The number of furan rings is 1. The zero-order valence-corrected chi connectivity index (χ0v) is 27.9. The fraction of sp³-hybridized carbons (Fsp3) is 0.0213. The van der Waals surface area contributed by atoms with Crippen molar-refractivity contribution in [1.82, 2.24) is 0 Å². The van der Waals surface area contributed by atoms with E-state index in [4.69, 9.17) is 4.42 Å². The minimum Gasteiger partial charge on any atom is -0.459 e. The summed E-state index contributed by atoms with van der Waals surface area (Å²) in [5, 5.41) is 7.80. The van der Waals surface area contributed by atoms with Crippen LogP contribution in [-0.4, -0.2) is 0 Å². The molecule has 1 spiro atoms. The molecule has 0 radical (unpaired) electrons. The molecule has 8 aromatic carbocycles. The maximum Gasteiger partial charge on any atom is 0.172 e. The van der Waals surface area contributed by atoms with Gasteiger partial charge in [-0.05, 0) is 61.0 Å². The standard InChI is InChI=1S/C47H29O2P/c48-50(41-27-11-16-30-14-1-3-18-32(30)41,42-28-12-17-31-15-2-4-19-33(31)42)43-29-13-23-35-34-20-5-8-24-38(34)47(45(35)43)39-25-9-6-21-36(39)44-37-22-7-10-26-40(37)49-46(44)47/h1-29H. The summed E-state index contributed by atoms with van der Waals surface area (Å²) in [7, 11) is -3.62. The summed E-state index contributed by atoms with van der Waals surface area (Å²) in [4.78, 5) is 0. The SMILES string of the molecule is O=P(c1cccc2c1C1(c3ccccc3-2)c2ccccc2-c2c1oc1ccccc21)(c1cccc2ccccc12)c1cccc2ccccc12. The van der Waals surface area contributed by atoms with Crippen molar-refractivity contribution < 1.29 is 8.98 Å². The zero-order valence-electron chi connectivity index (χ0n) is 27.0. The smallest absolute Gasteiger partial charge is 0.172 e. The summed E-state index contributed by atoms with van der Waals surface area (Å²) in [5.74, 6) is 0.904. The Labute approximate surface area is 289 Å². The third-order valence-electron chi connectivity index (χ3n) is 11.1. The Kier molecular flexibility index (Phi) is 5.61. The van der Waals surface area contributed by atoms with Crippen LogP contribution in [0.5, 0.6) is 0 Å². The molecular formula is C47H29O2P. The van der Waals surface area contributed by atoms with Crippen molar-refractivity contribution in [3.05, 3.63) is 198 Å². The Hall–Kier alpha value is -5.95. The quantitative estimate of drug-likeness (QED) is 0.177. The van der Waals surface area contributed by atoms with Crippen LogP contribution in [0.3, 0.4) is 0 Å². The van der Waals surface area contributed by atoms with Gasteiger partial charge in [0.25, 0.3) is 0 Å². The van der Waals surface area contributed by atoms with Crippen LogP contribution in [0.2, 0.25) is 0 Å². The molecule has 1 heterocycles. The van der Waals surface area contributed by atoms with Crippen LogP contribution in [0, 0.1) is 0 Å². The number of hydrogen-bond acceptors (Lipinski definition) is 2. The average Bonchev–Trinajstić information content (AvgIpc) is 3.81. The van der Waals surface area contributed by atoms with Crippen LogP contribution in [0.15, 0.2) is 180 Å². The normalized spacial score (nSPS) is 15.8. The van der Waals surface area contributed by atoms with E-state index in [9.17, 15) is 0 Å². The molecule has 11 rings (SSSR count). The van der Waals surface area contributed by atoms with E-state index >= 15 is 4.57 Å². The third kappa shape index (κ3) is 3.37. The van der Waals surface area contributed by atoms with E-state index in [1.165, 1.54) is 5.56 Å². The fourth-order valence-electron chi connectivity index (χ4n) is 9.20. The fourth-order valence-corrected chi connectivity index (χ4v) is 12.6. The van der Waals surface area contributed by atoms with Gasteiger partial charge in [0.15, 0.2) is 7.14 Å². The van der Waals surface area contributed by atoms with Gasteiger partial charge in [-0.3, -0.25) is 0 Å². The topological polar surface area (TPSA) is 30.2 Å². The Morgan fingerprint density at radius 3 is 1.60 bits per heavy atom. The molecule has 1 atom stereocenters. The van der Waals surface area contributed by atoms with Gasteiger partial charge in [-0.25, -0.2) is 0 Å². The first-order valence-corrected chi connectivity index (χ1v) is 18.8. The minimum absolute atomic E-state index is 0.807. The van der Waals surface area contributed by atoms with E-state index in [0.717, 1.165) is 87.6 Å². The predicted octanol–water partition coefficient (Wildman–Crippen LogP) is 10.7. The van der Waals surface area contributed by atoms with Crippen LogP contribution in [-0.2, 0) is 9.98 Å². The van der Waals surface area contributed by atoms with Crippen LogP contribution in [0.4, 0.5) is 0 Å². The lowest BCUT2D eigenvalue weighted by atomic mass is 9.73. The summed E-state index contributed by atoms with van der Waals surface area (Å²) >= 11 is 0. The maximum absolute atomic E-state index is 17.3. The van der Waals surface area contributed by atoms with E-state index in [1.54, 1.807) is 0 Å². The lowest BCUT2D eigenvalue weighted by Gasteiger charge is -2.33. The molecule has 0 saturated heterocycles. The first-order chi connectivity index (χ1) is 24.7. The highest BCUT2D eigenvalue weighted by Crippen LogP contribution is 2.66. The molecule has 0 bridgehead atoms. The van der Waals surface area contributed by atoms with Gasteiger partial charge >= 0.3 is 0 Å². The molecule has 3 heteroatoms. The molecule has 2 aliphatic rings. The molecular weight excluding hydrogens is 627 g/mol. The van der Waals surface area contributed by atoms with Crippen molar-refractivity contribution in [3.63, 3.8) is 0 Å². The lowest BCUT2D eigenvalue weighted by Crippen LogP contribution is -2.35. The third-order valence-corrected chi connectivity index (χ3v) is 14.3. The minimum atomic E-state index is -3.62. The second kappa shape index (κ2) is 10.0. The zero-order chi connectivity index (χ0) is 33.0. The van der Waals surface area contributed by atoms with Crippen molar-refractivity contribution in [2.75, 3.05) is 0 Å². The highest BCUT2D eigenvalue weighted by molar-refractivity contribution is 7.86. The largest absolute Gasteiger partial charge is 0.459 e. The van der Waals surface area contributed by atoms with Crippen molar-refractivity contribution in [1.29, 1.82) is 0 Å². The Morgan fingerprint density at radius 2 is 0.900 bits per heavy atom. The van der Waals surface area contributed by atoms with E-state index in [0.29, 0.717) is 0 Å². The van der Waals surface area contributed by atoms with Gasteiger partial charge in [-0.2, -0.15) is 0 Å². The molecule has 1 aromatic heterocycles. The molecule has 0 aliphatic heterocycles. The van der Waals surface area contributed by atoms with Gasteiger partial charge in [0.2, 0.25) is 0 Å². The highest BCUT2D eigenvalue weighted by atomic mass is 31.2. The van der Waals surface area contributed by atoms with Gasteiger partial charge in [0.05, 0.1) is 0 Å². The second-order valence-electron chi connectivity index (χ2n) is 13.4. The summed E-state index contributed by atoms with van der Waals surface area (Å²) in [6.45, 7) is 0. The van der Waals surface area contributed by atoms with Gasteiger partial charge in [-0.15, -0.1) is 0 Å². The van der Waals surface area contributed by atoms with Gasteiger partial charge in [0, 0.05) is 26.9 Å². The van der Waals surface area contributed by atoms with Gasteiger partial charge in [0.1, 0.15) is 16.8 Å². The van der Waals surface area contributed by atoms with Crippen LogP contribution in [0.25, 0.3) is 54.8 Å². The molecule has 0 saturated carbocycles. The summed E-state index contributed by atoms with van der Waals surface area (Å²) < 4.78 is 24.3. The highest BCUT2D eigenvalue weighted by Gasteiger charge is 2.57.